The molecule has 0 amide bonds. The minimum atomic E-state index is -0.557. The predicted molar refractivity (Wildman–Crippen MR) is 61.7 cm³/mol. The molecule has 0 bridgehead atoms. The molecule has 1 atom stereocenters. The lowest BCUT2D eigenvalue weighted by molar-refractivity contribution is 0.134. The summed E-state index contributed by atoms with van der Waals surface area (Å²) >= 11 is 1.69. The summed E-state index contributed by atoms with van der Waals surface area (Å²) < 4.78 is 5.08. The van der Waals surface area contributed by atoms with Crippen molar-refractivity contribution in [3.63, 3.8) is 0 Å². The van der Waals surface area contributed by atoms with Gasteiger partial charge in [0.2, 0.25) is 0 Å². The van der Waals surface area contributed by atoms with E-state index >= 15 is 0 Å². The van der Waals surface area contributed by atoms with Crippen molar-refractivity contribution in [1.82, 2.24) is 5.32 Å². The van der Waals surface area contributed by atoms with E-state index in [0.717, 1.165) is 13.0 Å². The zero-order chi connectivity index (χ0) is 11.1. The SMILES string of the molecule is CCC(C#N)(COC)NCc1cccs1. The Morgan fingerprint density at radius 3 is 2.93 bits per heavy atom. The van der Waals surface area contributed by atoms with Crippen molar-refractivity contribution in [2.24, 2.45) is 0 Å². The van der Waals surface area contributed by atoms with Crippen molar-refractivity contribution >= 4 is 11.3 Å². The average Bonchev–Trinajstić information content (AvgIpc) is 2.77. The van der Waals surface area contributed by atoms with Gasteiger partial charge in [0.25, 0.3) is 0 Å². The lowest BCUT2D eigenvalue weighted by Gasteiger charge is -2.25. The van der Waals surface area contributed by atoms with Crippen LogP contribution in [0.2, 0.25) is 0 Å². The first-order valence-corrected chi connectivity index (χ1v) is 5.82. The van der Waals surface area contributed by atoms with Crippen molar-refractivity contribution in [1.29, 1.82) is 5.26 Å². The molecule has 1 rings (SSSR count). The van der Waals surface area contributed by atoms with Crippen LogP contribution in [0.3, 0.4) is 0 Å². The Hall–Kier alpha value is -0.890. The summed E-state index contributed by atoms with van der Waals surface area (Å²) in [6.07, 6.45) is 0.739. The van der Waals surface area contributed by atoms with Crippen LogP contribution in [0.5, 0.6) is 0 Å². The Labute approximate surface area is 94.7 Å². The van der Waals surface area contributed by atoms with Gasteiger partial charge < -0.3 is 4.74 Å². The third-order valence-electron chi connectivity index (χ3n) is 2.39. The molecule has 0 radical (unpaired) electrons. The van der Waals surface area contributed by atoms with E-state index in [-0.39, 0.29) is 0 Å². The molecule has 1 aromatic rings. The van der Waals surface area contributed by atoms with E-state index in [1.165, 1.54) is 4.88 Å². The van der Waals surface area contributed by atoms with Crippen molar-refractivity contribution in [2.75, 3.05) is 13.7 Å². The van der Waals surface area contributed by atoms with Gasteiger partial charge in [0, 0.05) is 18.5 Å². The number of nitrogens with one attached hydrogen (secondary N) is 1. The van der Waals surface area contributed by atoms with Crippen molar-refractivity contribution in [3.8, 4) is 6.07 Å². The Kier molecular flexibility index (Phi) is 4.76. The minimum absolute atomic E-state index is 0.422. The van der Waals surface area contributed by atoms with Gasteiger partial charge in [0.1, 0.15) is 5.54 Å². The second-order valence-electron chi connectivity index (χ2n) is 3.41. The highest BCUT2D eigenvalue weighted by Gasteiger charge is 2.27. The van der Waals surface area contributed by atoms with Crippen LogP contribution in [-0.2, 0) is 11.3 Å². The number of nitrogens with zero attached hydrogens (tertiary/aromatic N) is 1. The highest BCUT2D eigenvalue weighted by Crippen LogP contribution is 2.13. The molecule has 1 N–H and O–H groups in total. The molecular formula is C11H16N2OS. The van der Waals surface area contributed by atoms with Crippen molar-refractivity contribution < 1.29 is 4.74 Å². The summed E-state index contributed by atoms with van der Waals surface area (Å²) in [5.74, 6) is 0. The van der Waals surface area contributed by atoms with Gasteiger partial charge in [-0.25, -0.2) is 0 Å². The first-order chi connectivity index (χ1) is 7.26. The van der Waals surface area contributed by atoms with Gasteiger partial charge in [0.15, 0.2) is 0 Å². The maximum Gasteiger partial charge on any atom is 0.130 e. The van der Waals surface area contributed by atoms with Crippen molar-refractivity contribution in [3.05, 3.63) is 22.4 Å². The molecule has 0 aliphatic heterocycles. The van der Waals surface area contributed by atoms with Gasteiger partial charge >= 0.3 is 0 Å². The molecule has 15 heavy (non-hydrogen) atoms. The van der Waals surface area contributed by atoms with E-state index in [4.69, 9.17) is 10.00 Å². The summed E-state index contributed by atoms with van der Waals surface area (Å²) in [6, 6.07) is 6.37. The summed E-state index contributed by atoms with van der Waals surface area (Å²) in [5.41, 5.74) is -0.557. The number of thiophene rings is 1. The van der Waals surface area contributed by atoms with Crippen LogP contribution in [0.25, 0.3) is 0 Å². The number of hydrogen-bond acceptors (Lipinski definition) is 4. The van der Waals surface area contributed by atoms with Gasteiger partial charge in [-0.3, -0.25) is 5.32 Å². The summed E-state index contributed by atoms with van der Waals surface area (Å²) in [5, 5.41) is 14.4. The molecule has 0 aromatic carbocycles. The van der Waals surface area contributed by atoms with Crippen LogP contribution in [0.1, 0.15) is 18.2 Å². The fourth-order valence-electron chi connectivity index (χ4n) is 1.34. The smallest absolute Gasteiger partial charge is 0.130 e. The van der Waals surface area contributed by atoms with Crippen LogP contribution >= 0.6 is 11.3 Å². The highest BCUT2D eigenvalue weighted by molar-refractivity contribution is 7.09. The van der Waals surface area contributed by atoms with E-state index in [9.17, 15) is 0 Å². The van der Waals surface area contributed by atoms with E-state index in [2.05, 4.69) is 17.5 Å². The summed E-state index contributed by atoms with van der Waals surface area (Å²) in [7, 11) is 1.62. The Morgan fingerprint density at radius 2 is 2.47 bits per heavy atom. The van der Waals surface area contributed by atoms with Crippen LogP contribution in [0.4, 0.5) is 0 Å². The molecule has 0 saturated carbocycles. The molecule has 1 aromatic heterocycles. The minimum Gasteiger partial charge on any atom is -0.382 e. The normalized spacial score (nSPS) is 14.5. The van der Waals surface area contributed by atoms with Crippen LogP contribution < -0.4 is 5.32 Å². The molecule has 0 spiro atoms. The molecule has 0 aliphatic rings. The average molecular weight is 224 g/mol. The third kappa shape index (κ3) is 3.31. The zero-order valence-electron chi connectivity index (χ0n) is 9.12. The lowest BCUT2D eigenvalue weighted by atomic mass is 9.99. The molecule has 1 heterocycles. The monoisotopic (exact) mass is 224 g/mol. The van der Waals surface area contributed by atoms with Gasteiger partial charge in [-0.15, -0.1) is 11.3 Å². The number of hydrogen-bond donors (Lipinski definition) is 1. The van der Waals surface area contributed by atoms with Gasteiger partial charge in [0.05, 0.1) is 12.7 Å². The van der Waals surface area contributed by atoms with E-state index in [0.29, 0.717) is 6.61 Å². The zero-order valence-corrected chi connectivity index (χ0v) is 9.93. The molecule has 1 unspecified atom stereocenters. The first kappa shape index (κ1) is 12.2. The first-order valence-electron chi connectivity index (χ1n) is 4.94. The molecule has 0 fully saturated rings. The maximum absolute atomic E-state index is 9.15. The lowest BCUT2D eigenvalue weighted by Crippen LogP contribution is -2.46. The second-order valence-corrected chi connectivity index (χ2v) is 4.45. The highest BCUT2D eigenvalue weighted by atomic mass is 32.1. The number of nitriles is 1. The standard InChI is InChI=1S/C11H16N2OS/c1-3-11(8-12,9-14-2)13-7-10-5-4-6-15-10/h4-6,13H,3,7,9H2,1-2H3. The summed E-state index contributed by atoms with van der Waals surface area (Å²) in [4.78, 5) is 1.24. The van der Waals surface area contributed by atoms with Gasteiger partial charge in [-0.1, -0.05) is 13.0 Å². The van der Waals surface area contributed by atoms with Crippen molar-refractivity contribution in [2.45, 2.75) is 25.4 Å². The van der Waals surface area contributed by atoms with Crippen LogP contribution in [0.15, 0.2) is 17.5 Å². The molecule has 0 aliphatic carbocycles. The fraction of sp³-hybridized carbons (Fsp3) is 0.545. The van der Waals surface area contributed by atoms with E-state index in [1.54, 1.807) is 18.4 Å². The topological polar surface area (TPSA) is 45.0 Å². The Bertz CT molecular complexity index is 318. The molecule has 0 saturated heterocycles. The summed E-state index contributed by atoms with van der Waals surface area (Å²) in [6.45, 7) is 3.14. The fourth-order valence-corrected chi connectivity index (χ4v) is 1.99. The molecule has 82 valence electrons. The molecule has 3 nitrogen and oxygen atoms in total. The molecule has 4 heteroatoms. The largest absolute Gasteiger partial charge is 0.382 e. The third-order valence-corrected chi connectivity index (χ3v) is 3.27. The molecular weight excluding hydrogens is 208 g/mol. The number of ether oxygens (including phenoxy) is 1. The second kappa shape index (κ2) is 5.86. The van der Waals surface area contributed by atoms with Gasteiger partial charge in [-0.05, 0) is 17.9 Å². The number of methoxy groups -OCH3 is 1. The van der Waals surface area contributed by atoms with Crippen LogP contribution in [-0.4, -0.2) is 19.3 Å². The van der Waals surface area contributed by atoms with Gasteiger partial charge in [-0.2, -0.15) is 5.26 Å². The van der Waals surface area contributed by atoms with E-state index < -0.39 is 5.54 Å². The van der Waals surface area contributed by atoms with Crippen LogP contribution in [0, 0.1) is 11.3 Å². The predicted octanol–water partition coefficient (Wildman–Crippen LogP) is 2.16. The maximum atomic E-state index is 9.15. The number of rotatable bonds is 6. The Balaban J connectivity index is 2.56. The van der Waals surface area contributed by atoms with E-state index in [1.807, 2.05) is 18.4 Å². The Morgan fingerprint density at radius 1 is 1.67 bits per heavy atom. The quantitative estimate of drug-likeness (QED) is 0.805.